The number of hydrogen-bond acceptors (Lipinski definition) is 5. The normalized spacial score (nSPS) is 14.5. The van der Waals surface area contributed by atoms with Gasteiger partial charge in [-0.1, -0.05) is 12.8 Å². The molecule has 1 rings (SSSR count). The Morgan fingerprint density at radius 2 is 1.65 bits per heavy atom. The number of esters is 1. The summed E-state index contributed by atoms with van der Waals surface area (Å²) < 4.78 is 9.65. The maximum absolute atomic E-state index is 11.7. The van der Waals surface area contributed by atoms with Crippen LogP contribution in [-0.2, 0) is 14.3 Å². The van der Waals surface area contributed by atoms with Gasteiger partial charge in [-0.25, -0.2) is 4.79 Å². The molecule has 0 aromatic rings. The molecule has 1 saturated heterocycles. The zero-order valence-electron chi connectivity index (χ0n) is 16.2. The molecule has 152 valence electrons. The number of guanidine groups is 1. The number of hydrogen-bond donors (Lipinski definition) is 1. The van der Waals surface area contributed by atoms with Crippen molar-refractivity contribution in [3.05, 3.63) is 0 Å². The number of amides is 1. The van der Waals surface area contributed by atoms with Gasteiger partial charge in [0, 0.05) is 46.2 Å². The highest BCUT2D eigenvalue weighted by Crippen LogP contribution is 2.06. The fourth-order valence-electron chi connectivity index (χ4n) is 2.70. The van der Waals surface area contributed by atoms with E-state index in [1.54, 1.807) is 11.9 Å². The molecule has 1 N–H and O–H groups in total. The first-order valence-corrected chi connectivity index (χ1v) is 9.06. The summed E-state index contributed by atoms with van der Waals surface area (Å²) in [6, 6.07) is 0. The second-order valence-corrected chi connectivity index (χ2v) is 5.89. The molecule has 1 heterocycles. The van der Waals surface area contributed by atoms with Crippen LogP contribution in [0.25, 0.3) is 0 Å². The third-order valence-corrected chi connectivity index (χ3v) is 4.14. The lowest BCUT2D eigenvalue weighted by Gasteiger charge is -2.35. The number of methoxy groups -OCH3 is 1. The van der Waals surface area contributed by atoms with Gasteiger partial charge in [-0.05, 0) is 19.8 Å². The number of nitrogens with zero attached hydrogens (tertiary/aromatic N) is 3. The van der Waals surface area contributed by atoms with Crippen LogP contribution in [0.5, 0.6) is 0 Å². The van der Waals surface area contributed by atoms with E-state index in [9.17, 15) is 9.59 Å². The third-order valence-electron chi connectivity index (χ3n) is 4.14. The molecule has 0 atom stereocenters. The van der Waals surface area contributed by atoms with Crippen molar-refractivity contribution in [1.82, 2.24) is 15.1 Å². The van der Waals surface area contributed by atoms with Crippen LogP contribution in [0.3, 0.4) is 0 Å². The summed E-state index contributed by atoms with van der Waals surface area (Å²) in [6.07, 6.45) is 4.25. The van der Waals surface area contributed by atoms with Crippen LogP contribution in [0.2, 0.25) is 0 Å². The van der Waals surface area contributed by atoms with Crippen LogP contribution >= 0.6 is 24.0 Å². The van der Waals surface area contributed by atoms with E-state index in [-0.39, 0.29) is 36.0 Å². The summed E-state index contributed by atoms with van der Waals surface area (Å²) in [6.45, 7) is 5.86. The Hall–Kier alpha value is -1.26. The highest BCUT2D eigenvalue weighted by molar-refractivity contribution is 14.0. The van der Waals surface area contributed by atoms with Gasteiger partial charge in [-0.3, -0.25) is 9.79 Å². The van der Waals surface area contributed by atoms with E-state index in [1.807, 2.05) is 6.92 Å². The Morgan fingerprint density at radius 3 is 2.23 bits per heavy atom. The minimum Gasteiger partial charge on any atom is -0.469 e. The lowest BCUT2D eigenvalue weighted by molar-refractivity contribution is -0.140. The fraction of sp³-hybridized carbons (Fsp3) is 0.824. The first kappa shape index (κ1) is 24.7. The van der Waals surface area contributed by atoms with Gasteiger partial charge in [0.25, 0.3) is 0 Å². The Bertz CT molecular complexity index is 440. The average Bonchev–Trinajstić information content (AvgIpc) is 2.64. The summed E-state index contributed by atoms with van der Waals surface area (Å²) in [5, 5.41) is 3.37. The van der Waals surface area contributed by atoms with Crippen LogP contribution in [-0.4, -0.2) is 81.3 Å². The number of aliphatic imine (C=N–C) groups is 1. The van der Waals surface area contributed by atoms with Crippen molar-refractivity contribution >= 4 is 42.0 Å². The molecule has 0 spiro atoms. The topological polar surface area (TPSA) is 83.5 Å². The van der Waals surface area contributed by atoms with Gasteiger partial charge in [0.15, 0.2) is 5.96 Å². The van der Waals surface area contributed by atoms with E-state index in [2.05, 4.69) is 19.9 Å². The Morgan fingerprint density at radius 1 is 1.04 bits per heavy atom. The maximum Gasteiger partial charge on any atom is 0.409 e. The number of rotatable bonds is 8. The van der Waals surface area contributed by atoms with Crippen molar-refractivity contribution in [1.29, 1.82) is 0 Å². The summed E-state index contributed by atoms with van der Waals surface area (Å²) in [4.78, 5) is 30.9. The predicted octanol–water partition coefficient (Wildman–Crippen LogP) is 2.08. The minimum absolute atomic E-state index is 0. The summed E-state index contributed by atoms with van der Waals surface area (Å²) in [7, 11) is 3.20. The fourth-order valence-corrected chi connectivity index (χ4v) is 2.70. The van der Waals surface area contributed by atoms with Gasteiger partial charge >= 0.3 is 12.1 Å². The van der Waals surface area contributed by atoms with Gasteiger partial charge in [0.1, 0.15) is 0 Å². The van der Waals surface area contributed by atoms with Crippen molar-refractivity contribution in [3.8, 4) is 0 Å². The van der Waals surface area contributed by atoms with Crippen LogP contribution in [0.4, 0.5) is 4.79 Å². The molecule has 8 nitrogen and oxygen atoms in total. The van der Waals surface area contributed by atoms with Crippen molar-refractivity contribution in [2.75, 3.05) is 53.5 Å². The molecule has 0 radical (unpaired) electrons. The lowest BCUT2D eigenvalue weighted by Crippen LogP contribution is -2.54. The third kappa shape index (κ3) is 9.44. The van der Waals surface area contributed by atoms with Crippen LogP contribution in [0.15, 0.2) is 4.99 Å². The van der Waals surface area contributed by atoms with Crippen LogP contribution in [0, 0.1) is 0 Å². The first-order chi connectivity index (χ1) is 12.1. The SMILES string of the molecule is CCOC(=O)N1CCN(C(=NC)NCCCCCCC(=O)OC)CC1.I. The molecular weight excluding hydrogens is 451 g/mol. The highest BCUT2D eigenvalue weighted by Gasteiger charge is 2.23. The van der Waals surface area contributed by atoms with Crippen molar-refractivity contribution in [2.45, 2.75) is 39.0 Å². The van der Waals surface area contributed by atoms with E-state index in [4.69, 9.17) is 4.74 Å². The first-order valence-electron chi connectivity index (χ1n) is 9.06. The summed E-state index contributed by atoms with van der Waals surface area (Å²) in [5.41, 5.74) is 0. The molecule has 1 fully saturated rings. The number of nitrogens with one attached hydrogen (secondary N) is 1. The number of carbonyl (C=O) groups excluding carboxylic acids is 2. The predicted molar refractivity (Wildman–Crippen MR) is 112 cm³/mol. The number of ether oxygens (including phenoxy) is 2. The monoisotopic (exact) mass is 484 g/mol. The number of piperazine rings is 1. The van der Waals surface area contributed by atoms with Gasteiger partial charge in [0.05, 0.1) is 13.7 Å². The molecule has 1 aliphatic rings. The molecule has 0 aromatic carbocycles. The van der Waals surface area contributed by atoms with Gasteiger partial charge in [-0.15, -0.1) is 24.0 Å². The number of halogens is 1. The van der Waals surface area contributed by atoms with Crippen molar-refractivity contribution in [3.63, 3.8) is 0 Å². The van der Waals surface area contributed by atoms with Crippen molar-refractivity contribution in [2.24, 2.45) is 4.99 Å². The Labute approximate surface area is 173 Å². The largest absolute Gasteiger partial charge is 0.469 e. The molecule has 0 saturated carbocycles. The zero-order valence-corrected chi connectivity index (χ0v) is 18.5. The van der Waals surface area contributed by atoms with E-state index in [0.717, 1.165) is 51.3 Å². The zero-order chi connectivity index (χ0) is 18.5. The second-order valence-electron chi connectivity index (χ2n) is 5.89. The smallest absolute Gasteiger partial charge is 0.409 e. The summed E-state index contributed by atoms with van der Waals surface area (Å²) in [5.74, 6) is 0.735. The van der Waals surface area contributed by atoms with E-state index in [1.165, 1.54) is 7.11 Å². The minimum atomic E-state index is -0.239. The second kappa shape index (κ2) is 14.9. The Kier molecular flexibility index (Phi) is 14.1. The molecule has 1 aliphatic heterocycles. The average molecular weight is 484 g/mol. The molecule has 9 heteroatoms. The number of unbranched alkanes of at least 4 members (excludes halogenated alkanes) is 3. The number of carbonyl (C=O) groups is 2. The van der Waals surface area contributed by atoms with Crippen molar-refractivity contribution < 1.29 is 19.1 Å². The molecule has 1 amide bonds. The van der Waals surface area contributed by atoms with Crippen LogP contribution < -0.4 is 5.32 Å². The van der Waals surface area contributed by atoms with Gasteiger partial charge in [-0.2, -0.15) is 0 Å². The maximum atomic E-state index is 11.7. The van der Waals surface area contributed by atoms with E-state index < -0.39 is 0 Å². The van der Waals surface area contributed by atoms with Crippen LogP contribution in [0.1, 0.15) is 39.0 Å². The molecule has 0 aliphatic carbocycles. The molecule has 0 bridgehead atoms. The molecule has 0 unspecified atom stereocenters. The molecule has 26 heavy (non-hydrogen) atoms. The Balaban J connectivity index is 0.00000625. The molecule has 0 aromatic heterocycles. The summed E-state index contributed by atoms with van der Waals surface area (Å²) >= 11 is 0. The lowest BCUT2D eigenvalue weighted by atomic mass is 10.1. The van der Waals surface area contributed by atoms with E-state index >= 15 is 0 Å². The van der Waals surface area contributed by atoms with E-state index in [0.29, 0.717) is 26.1 Å². The van der Waals surface area contributed by atoms with Gasteiger partial charge < -0.3 is 24.6 Å². The standard InChI is InChI=1S/C17H32N4O4.HI/c1-4-25-17(23)21-13-11-20(12-14-21)16(18-2)19-10-8-6-5-7-9-15(22)24-3;/h4-14H2,1-3H3,(H,18,19);1H. The highest BCUT2D eigenvalue weighted by atomic mass is 127. The quantitative estimate of drug-likeness (QED) is 0.187. The molecular formula is C17H33IN4O4. The van der Waals surface area contributed by atoms with Gasteiger partial charge in [0.2, 0.25) is 0 Å².